The first kappa shape index (κ1) is 21.4. The highest BCUT2D eigenvalue weighted by atomic mass is 19.2. The van der Waals surface area contributed by atoms with Gasteiger partial charge in [-0.15, -0.1) is 0 Å². The number of nitrogens with zero attached hydrogens (tertiary/aromatic N) is 3. The summed E-state index contributed by atoms with van der Waals surface area (Å²) in [6, 6.07) is 6.24. The Labute approximate surface area is 173 Å². The van der Waals surface area contributed by atoms with Crippen LogP contribution < -0.4 is 20.9 Å². The minimum atomic E-state index is -1.06. The van der Waals surface area contributed by atoms with Crippen molar-refractivity contribution in [1.29, 1.82) is 0 Å². The second kappa shape index (κ2) is 9.97. The van der Waals surface area contributed by atoms with Gasteiger partial charge in [0, 0.05) is 50.7 Å². The van der Waals surface area contributed by atoms with E-state index in [1.807, 2.05) is 12.1 Å². The van der Waals surface area contributed by atoms with Gasteiger partial charge in [-0.05, 0) is 36.9 Å². The Morgan fingerprint density at radius 1 is 1.03 bits per heavy atom. The summed E-state index contributed by atoms with van der Waals surface area (Å²) < 4.78 is 26.1. The number of hydrogen-bond acceptors (Lipinski definition) is 5. The number of carbonyl (C=O) groups excluding carboxylic acids is 2. The third-order valence-electron chi connectivity index (χ3n) is 4.70. The SMILES string of the molecule is CN1CCN(c2cc(CNC(=O)NCC(=O)Nc3ccc(F)c(F)c3)ccn2)CC1. The molecule has 8 nitrogen and oxygen atoms in total. The number of nitrogens with one attached hydrogen (secondary N) is 3. The zero-order chi connectivity index (χ0) is 21.5. The maximum atomic E-state index is 13.2. The lowest BCUT2D eigenvalue weighted by Gasteiger charge is -2.33. The molecule has 1 aromatic heterocycles. The molecule has 2 heterocycles. The van der Waals surface area contributed by atoms with Crippen LogP contribution in [0.5, 0.6) is 0 Å². The minimum absolute atomic E-state index is 0.106. The molecular weight excluding hydrogens is 394 g/mol. The Bertz CT molecular complexity index is 903. The normalized spacial score (nSPS) is 14.3. The molecule has 0 bridgehead atoms. The second-order valence-corrected chi connectivity index (χ2v) is 7.03. The summed E-state index contributed by atoms with van der Waals surface area (Å²) in [5.41, 5.74) is 0.995. The third-order valence-corrected chi connectivity index (χ3v) is 4.70. The number of anilines is 2. The van der Waals surface area contributed by atoms with Crippen molar-refractivity contribution in [1.82, 2.24) is 20.5 Å². The molecule has 1 aliphatic heterocycles. The van der Waals surface area contributed by atoms with Gasteiger partial charge in [0.1, 0.15) is 5.82 Å². The van der Waals surface area contributed by atoms with E-state index in [1.165, 1.54) is 6.07 Å². The first-order valence-electron chi connectivity index (χ1n) is 9.56. The Morgan fingerprint density at radius 3 is 2.53 bits per heavy atom. The topological polar surface area (TPSA) is 89.6 Å². The van der Waals surface area contributed by atoms with Crippen molar-refractivity contribution in [2.45, 2.75) is 6.54 Å². The van der Waals surface area contributed by atoms with Crippen LogP contribution in [0, 0.1) is 11.6 Å². The summed E-state index contributed by atoms with van der Waals surface area (Å²) in [5, 5.41) is 7.48. The molecule has 0 aliphatic carbocycles. The van der Waals surface area contributed by atoms with Crippen molar-refractivity contribution in [2.75, 3.05) is 50.0 Å². The maximum Gasteiger partial charge on any atom is 0.315 e. The van der Waals surface area contributed by atoms with Crippen LogP contribution in [0.1, 0.15) is 5.56 Å². The number of benzene rings is 1. The molecule has 0 atom stereocenters. The number of piperazine rings is 1. The number of urea groups is 1. The highest BCUT2D eigenvalue weighted by Crippen LogP contribution is 2.15. The van der Waals surface area contributed by atoms with Gasteiger partial charge in [-0.25, -0.2) is 18.6 Å². The number of halogens is 2. The summed E-state index contributed by atoms with van der Waals surface area (Å²) in [6.07, 6.45) is 1.71. The lowest BCUT2D eigenvalue weighted by Crippen LogP contribution is -2.44. The van der Waals surface area contributed by atoms with Crippen LogP contribution in [0.15, 0.2) is 36.5 Å². The van der Waals surface area contributed by atoms with Crippen molar-refractivity contribution in [3.8, 4) is 0 Å². The molecule has 2 aromatic rings. The molecule has 0 unspecified atom stereocenters. The highest BCUT2D eigenvalue weighted by Gasteiger charge is 2.15. The van der Waals surface area contributed by atoms with Gasteiger partial charge < -0.3 is 25.8 Å². The minimum Gasteiger partial charge on any atom is -0.354 e. The summed E-state index contributed by atoms with van der Waals surface area (Å²) >= 11 is 0. The van der Waals surface area contributed by atoms with Crippen molar-refractivity contribution in [3.63, 3.8) is 0 Å². The summed E-state index contributed by atoms with van der Waals surface area (Å²) in [5.74, 6) is -1.75. The average Bonchev–Trinajstić information content (AvgIpc) is 2.74. The van der Waals surface area contributed by atoms with Gasteiger partial charge in [0.15, 0.2) is 11.6 Å². The standard InChI is InChI=1S/C20H24F2N6O2/c1-27-6-8-28(9-7-27)18-10-14(4-5-23-18)12-24-20(30)25-13-19(29)26-15-2-3-16(21)17(22)11-15/h2-5,10-11H,6-9,12-13H2,1H3,(H,26,29)(H2,24,25,30). The van der Waals surface area contributed by atoms with E-state index in [0.717, 1.165) is 49.7 Å². The zero-order valence-electron chi connectivity index (χ0n) is 16.6. The number of hydrogen-bond donors (Lipinski definition) is 3. The van der Waals surface area contributed by atoms with E-state index in [9.17, 15) is 18.4 Å². The molecule has 10 heteroatoms. The molecule has 1 aromatic carbocycles. The number of pyridine rings is 1. The lowest BCUT2D eigenvalue weighted by atomic mass is 10.2. The van der Waals surface area contributed by atoms with Crippen LogP contribution in [0.3, 0.4) is 0 Å². The molecule has 0 saturated carbocycles. The van der Waals surface area contributed by atoms with Crippen molar-refractivity contribution in [3.05, 3.63) is 53.7 Å². The van der Waals surface area contributed by atoms with Crippen LogP contribution in [0.25, 0.3) is 0 Å². The largest absolute Gasteiger partial charge is 0.354 e. The van der Waals surface area contributed by atoms with E-state index < -0.39 is 23.6 Å². The molecule has 0 spiro atoms. The van der Waals surface area contributed by atoms with Gasteiger partial charge in [0.2, 0.25) is 5.91 Å². The van der Waals surface area contributed by atoms with Crippen LogP contribution in [-0.4, -0.2) is 61.6 Å². The van der Waals surface area contributed by atoms with Crippen LogP contribution >= 0.6 is 0 Å². The van der Waals surface area contributed by atoms with Gasteiger partial charge in [-0.3, -0.25) is 4.79 Å². The van der Waals surface area contributed by atoms with E-state index in [4.69, 9.17) is 0 Å². The van der Waals surface area contributed by atoms with E-state index in [0.29, 0.717) is 0 Å². The monoisotopic (exact) mass is 418 g/mol. The number of rotatable bonds is 6. The fraction of sp³-hybridized carbons (Fsp3) is 0.350. The summed E-state index contributed by atoms with van der Waals surface area (Å²) in [4.78, 5) is 32.7. The molecule has 0 radical (unpaired) electrons. The maximum absolute atomic E-state index is 13.2. The molecule has 160 valence electrons. The molecule has 1 saturated heterocycles. The molecule has 1 aliphatic rings. The highest BCUT2D eigenvalue weighted by molar-refractivity contribution is 5.94. The second-order valence-electron chi connectivity index (χ2n) is 7.03. The van der Waals surface area contributed by atoms with Crippen molar-refractivity contribution < 1.29 is 18.4 Å². The van der Waals surface area contributed by atoms with Gasteiger partial charge >= 0.3 is 6.03 Å². The Hall–Kier alpha value is -3.27. The molecule has 3 rings (SSSR count). The van der Waals surface area contributed by atoms with Crippen LogP contribution in [0.2, 0.25) is 0 Å². The van der Waals surface area contributed by atoms with Gasteiger partial charge in [-0.2, -0.15) is 0 Å². The van der Waals surface area contributed by atoms with Gasteiger partial charge in [-0.1, -0.05) is 0 Å². The van der Waals surface area contributed by atoms with Crippen molar-refractivity contribution in [2.24, 2.45) is 0 Å². The zero-order valence-corrected chi connectivity index (χ0v) is 16.6. The number of likely N-dealkylation sites (N-methyl/N-ethyl adjacent to an activating group) is 1. The predicted molar refractivity (Wildman–Crippen MR) is 109 cm³/mol. The molecule has 3 N–H and O–H groups in total. The first-order chi connectivity index (χ1) is 14.4. The number of aromatic nitrogens is 1. The van der Waals surface area contributed by atoms with Crippen molar-refractivity contribution >= 4 is 23.4 Å². The smallest absolute Gasteiger partial charge is 0.315 e. The number of amides is 3. The fourth-order valence-electron chi connectivity index (χ4n) is 2.96. The Kier molecular flexibility index (Phi) is 7.12. The Balaban J connectivity index is 1.42. The Morgan fingerprint density at radius 2 is 1.80 bits per heavy atom. The summed E-state index contributed by atoms with van der Waals surface area (Å²) in [7, 11) is 2.09. The average molecular weight is 418 g/mol. The molecule has 1 fully saturated rings. The predicted octanol–water partition coefficient (Wildman–Crippen LogP) is 1.55. The van der Waals surface area contributed by atoms with E-state index in [-0.39, 0.29) is 18.8 Å². The molecule has 30 heavy (non-hydrogen) atoms. The van der Waals surface area contributed by atoms with Crippen LogP contribution in [0.4, 0.5) is 25.1 Å². The summed E-state index contributed by atoms with van der Waals surface area (Å²) in [6.45, 7) is 3.70. The molecular formula is C20H24F2N6O2. The number of carbonyl (C=O) groups is 2. The van der Waals surface area contributed by atoms with Crippen LogP contribution in [-0.2, 0) is 11.3 Å². The van der Waals surface area contributed by atoms with Gasteiger partial charge in [0.05, 0.1) is 6.54 Å². The third kappa shape index (κ3) is 6.11. The van der Waals surface area contributed by atoms with E-state index in [2.05, 4.69) is 37.8 Å². The molecule has 3 amide bonds. The first-order valence-corrected chi connectivity index (χ1v) is 9.56. The fourth-order valence-corrected chi connectivity index (χ4v) is 2.96. The van der Waals surface area contributed by atoms with E-state index >= 15 is 0 Å². The lowest BCUT2D eigenvalue weighted by molar-refractivity contribution is -0.115. The van der Waals surface area contributed by atoms with Gasteiger partial charge in [0.25, 0.3) is 0 Å². The quantitative estimate of drug-likeness (QED) is 0.663. The van der Waals surface area contributed by atoms with E-state index in [1.54, 1.807) is 6.20 Å².